The van der Waals surface area contributed by atoms with Crippen molar-refractivity contribution in [3.05, 3.63) is 69.1 Å². The third kappa shape index (κ3) is 6.93. The zero-order chi connectivity index (χ0) is 32.2. The molecule has 3 aromatic rings. The number of piperazine rings is 1. The van der Waals surface area contributed by atoms with Crippen LogP contribution in [0, 0.1) is 18.3 Å². The number of nitrogens with zero attached hydrogens (tertiary/aromatic N) is 5. The van der Waals surface area contributed by atoms with Crippen molar-refractivity contribution in [1.29, 1.82) is 0 Å². The Morgan fingerprint density at radius 1 is 1.07 bits per heavy atom. The van der Waals surface area contributed by atoms with Crippen LogP contribution in [0.15, 0.2) is 47.4 Å². The summed E-state index contributed by atoms with van der Waals surface area (Å²) in [4.78, 5) is 52.7. The van der Waals surface area contributed by atoms with Crippen LogP contribution >= 0.6 is 22.9 Å². The number of rotatable bonds is 7. The summed E-state index contributed by atoms with van der Waals surface area (Å²) in [5, 5.41) is 7.44. The van der Waals surface area contributed by atoms with Crippen LogP contribution in [-0.4, -0.2) is 89.4 Å². The zero-order valence-electron chi connectivity index (χ0n) is 25.7. The number of likely N-dealkylation sites (tertiary alicyclic amines) is 1. The molecule has 0 aliphatic carbocycles. The summed E-state index contributed by atoms with van der Waals surface area (Å²) in [5.41, 5.74) is 10.8. The Morgan fingerprint density at radius 2 is 1.80 bits per heavy atom. The molecule has 6 rings (SSSR count). The number of carbonyl (C=O) groups is 3. The van der Waals surface area contributed by atoms with E-state index in [1.807, 2.05) is 32.2 Å². The van der Waals surface area contributed by atoms with Crippen molar-refractivity contribution in [2.75, 3.05) is 61.8 Å². The highest BCUT2D eigenvalue weighted by Gasteiger charge is 2.34. The first-order valence-corrected chi connectivity index (χ1v) is 17.0. The van der Waals surface area contributed by atoms with Crippen LogP contribution in [0.2, 0.25) is 5.02 Å². The molecular weight excluding hydrogens is 622 g/mol. The van der Waals surface area contributed by atoms with E-state index in [1.54, 1.807) is 35.9 Å². The molecule has 12 heteroatoms. The normalized spacial score (nSPS) is 18.0. The second kappa shape index (κ2) is 14.0. The Morgan fingerprint density at radius 3 is 2.52 bits per heavy atom. The van der Waals surface area contributed by atoms with Gasteiger partial charge >= 0.3 is 6.03 Å². The van der Waals surface area contributed by atoms with Gasteiger partial charge in [0.1, 0.15) is 0 Å². The lowest BCUT2D eigenvalue weighted by atomic mass is 9.92. The summed E-state index contributed by atoms with van der Waals surface area (Å²) >= 11 is 7.99. The number of amides is 4. The minimum absolute atomic E-state index is 0.0543. The van der Waals surface area contributed by atoms with Crippen molar-refractivity contribution in [3.8, 4) is 12.3 Å². The Bertz CT molecular complexity index is 1630. The molecule has 46 heavy (non-hydrogen) atoms. The number of hydrogen-bond acceptors (Lipinski definition) is 7. The summed E-state index contributed by atoms with van der Waals surface area (Å²) < 4.78 is 0. The molecule has 0 bridgehead atoms. The molecule has 0 saturated carbocycles. The Labute approximate surface area is 278 Å². The number of nitrogen functional groups attached to an aromatic ring is 1. The number of fused-ring (bicyclic) bond motifs is 1. The second-order valence-corrected chi connectivity index (χ2v) is 13.3. The second-order valence-electron chi connectivity index (χ2n) is 12.1. The van der Waals surface area contributed by atoms with Gasteiger partial charge in [0.25, 0.3) is 0 Å². The van der Waals surface area contributed by atoms with Crippen LogP contribution in [0.5, 0.6) is 0 Å². The Kier molecular flexibility index (Phi) is 9.66. The van der Waals surface area contributed by atoms with Crippen molar-refractivity contribution in [2.24, 2.45) is 5.92 Å². The lowest BCUT2D eigenvalue weighted by molar-refractivity contribution is -0.142. The molecule has 3 N–H and O–H groups in total. The topological polar surface area (TPSA) is 115 Å². The van der Waals surface area contributed by atoms with E-state index in [1.165, 1.54) is 5.56 Å². The van der Waals surface area contributed by atoms with Gasteiger partial charge in [0, 0.05) is 87.3 Å². The van der Waals surface area contributed by atoms with Gasteiger partial charge in [0.15, 0.2) is 0 Å². The standard InChI is InChI=1S/C34H38ClN7O3S/c1-2-24-17-23(19-29(35)32(24)36)18-26(33(44)41-15-13-39(14-16-41)27-3-8-37-9-4-27)20-31(43)40-10-6-28(7-11-40)42-12-5-25-21-46-22-30(25)38-34(42)45/h1,3-4,8-9,17,19,21-22,26,28H,5-7,10-16,18,20,36H2,(H,38,45)/t26-/m0/s1. The highest BCUT2D eigenvalue weighted by Crippen LogP contribution is 2.30. The summed E-state index contributed by atoms with van der Waals surface area (Å²) in [5.74, 6) is 1.87. The quantitative estimate of drug-likeness (QED) is 0.288. The molecule has 1 atom stereocenters. The predicted octanol–water partition coefficient (Wildman–Crippen LogP) is 4.34. The van der Waals surface area contributed by atoms with Gasteiger partial charge < -0.3 is 30.7 Å². The van der Waals surface area contributed by atoms with E-state index >= 15 is 0 Å². The third-order valence-corrected chi connectivity index (χ3v) is 10.4. The summed E-state index contributed by atoms with van der Waals surface area (Å²) in [7, 11) is 0. The fraction of sp³-hybridized carbons (Fsp3) is 0.412. The number of benzene rings is 1. The molecule has 3 aliphatic heterocycles. The van der Waals surface area contributed by atoms with Crippen molar-refractivity contribution in [1.82, 2.24) is 19.7 Å². The lowest BCUT2D eigenvalue weighted by Gasteiger charge is -2.39. The summed E-state index contributed by atoms with van der Waals surface area (Å²) in [6.45, 7) is 4.22. The maximum absolute atomic E-state index is 14.0. The lowest BCUT2D eigenvalue weighted by Crippen LogP contribution is -2.52. The number of terminal acetylenes is 1. The van der Waals surface area contributed by atoms with Crippen molar-refractivity contribution in [2.45, 2.75) is 38.1 Å². The minimum Gasteiger partial charge on any atom is -0.397 e. The number of nitrogens with two attached hydrogens (primary N) is 1. The number of halogens is 1. The van der Waals surface area contributed by atoms with Crippen LogP contribution in [-0.2, 0) is 22.4 Å². The van der Waals surface area contributed by atoms with Gasteiger partial charge in [-0.05, 0) is 66.5 Å². The number of piperidine rings is 1. The first-order valence-electron chi connectivity index (χ1n) is 15.7. The molecule has 5 heterocycles. The predicted molar refractivity (Wildman–Crippen MR) is 182 cm³/mol. The zero-order valence-corrected chi connectivity index (χ0v) is 27.2. The van der Waals surface area contributed by atoms with Gasteiger partial charge in [-0.25, -0.2) is 4.79 Å². The van der Waals surface area contributed by atoms with E-state index in [9.17, 15) is 14.4 Å². The number of nitrogens with one attached hydrogen (secondary N) is 1. The fourth-order valence-electron chi connectivity index (χ4n) is 6.71. The van der Waals surface area contributed by atoms with Gasteiger partial charge in [-0.3, -0.25) is 14.6 Å². The molecule has 0 radical (unpaired) electrons. The number of thiophene rings is 1. The number of hydrogen-bond donors (Lipinski definition) is 2. The SMILES string of the molecule is C#Cc1cc(C[C@@H](CC(=O)N2CCC(N3CCc4cscc4NC3=O)CC2)C(=O)N2CCN(c3ccncc3)CC2)cc(Cl)c1N. The third-order valence-electron chi connectivity index (χ3n) is 9.34. The van der Waals surface area contributed by atoms with Crippen LogP contribution in [0.4, 0.5) is 21.9 Å². The van der Waals surface area contributed by atoms with Gasteiger partial charge in [0.05, 0.1) is 22.3 Å². The maximum atomic E-state index is 14.0. The fourth-order valence-corrected chi connectivity index (χ4v) is 7.78. The molecule has 2 fully saturated rings. The van der Waals surface area contributed by atoms with Crippen LogP contribution in [0.1, 0.15) is 36.0 Å². The van der Waals surface area contributed by atoms with Gasteiger partial charge in [-0.1, -0.05) is 17.5 Å². The molecule has 2 aromatic heterocycles. The van der Waals surface area contributed by atoms with Gasteiger partial charge in [-0.15, -0.1) is 17.8 Å². The van der Waals surface area contributed by atoms with E-state index < -0.39 is 5.92 Å². The van der Waals surface area contributed by atoms with Crippen molar-refractivity contribution < 1.29 is 14.4 Å². The average molecular weight is 660 g/mol. The molecule has 2 saturated heterocycles. The number of carbonyl (C=O) groups excluding carboxylic acids is 3. The molecular formula is C34H38ClN7O3S. The molecule has 4 amide bonds. The molecule has 240 valence electrons. The first kappa shape index (κ1) is 31.7. The van der Waals surface area contributed by atoms with Crippen LogP contribution in [0.25, 0.3) is 0 Å². The first-order chi connectivity index (χ1) is 22.3. The van der Waals surface area contributed by atoms with Crippen molar-refractivity contribution in [3.63, 3.8) is 0 Å². The van der Waals surface area contributed by atoms with E-state index in [0.717, 1.165) is 23.4 Å². The average Bonchev–Trinajstić information content (AvgIpc) is 3.46. The van der Waals surface area contributed by atoms with Gasteiger partial charge in [0.2, 0.25) is 11.8 Å². The smallest absolute Gasteiger partial charge is 0.322 e. The molecule has 1 aromatic carbocycles. The monoisotopic (exact) mass is 659 g/mol. The maximum Gasteiger partial charge on any atom is 0.322 e. The molecule has 3 aliphatic rings. The van der Waals surface area contributed by atoms with Crippen molar-refractivity contribution >= 4 is 57.8 Å². The van der Waals surface area contributed by atoms with Gasteiger partial charge in [-0.2, -0.15) is 0 Å². The van der Waals surface area contributed by atoms with E-state index in [4.69, 9.17) is 23.8 Å². The number of anilines is 3. The molecule has 0 spiro atoms. The van der Waals surface area contributed by atoms with E-state index in [-0.39, 0.29) is 30.3 Å². The number of urea groups is 1. The largest absolute Gasteiger partial charge is 0.397 e. The van der Waals surface area contributed by atoms with Crippen LogP contribution < -0.4 is 16.0 Å². The Balaban J connectivity index is 1.11. The minimum atomic E-state index is -0.585. The number of pyridine rings is 1. The Hall–Kier alpha value is -4.27. The molecule has 0 unspecified atom stereocenters. The highest BCUT2D eigenvalue weighted by molar-refractivity contribution is 7.08. The highest BCUT2D eigenvalue weighted by atomic mass is 35.5. The van der Waals surface area contributed by atoms with Crippen LogP contribution in [0.3, 0.4) is 0 Å². The van der Waals surface area contributed by atoms with E-state index in [0.29, 0.717) is 81.3 Å². The molecule has 10 nitrogen and oxygen atoms in total. The number of aromatic nitrogens is 1. The summed E-state index contributed by atoms with van der Waals surface area (Å²) in [6, 6.07) is 7.43. The summed E-state index contributed by atoms with van der Waals surface area (Å²) in [6.07, 6.45) is 11.8. The van der Waals surface area contributed by atoms with E-state index in [2.05, 4.69) is 26.5 Å².